The minimum absolute atomic E-state index is 0.922. The van der Waals surface area contributed by atoms with E-state index in [9.17, 15) is 0 Å². The van der Waals surface area contributed by atoms with Crippen molar-refractivity contribution in [2.75, 3.05) is 0 Å². The minimum Gasteiger partial charge on any atom is -0.254 e. The van der Waals surface area contributed by atoms with Gasteiger partial charge >= 0.3 is 0 Å². The summed E-state index contributed by atoms with van der Waals surface area (Å²) in [5.74, 6) is 0. The molecule has 0 aliphatic heterocycles. The fourth-order valence-electron chi connectivity index (χ4n) is 5.78. The maximum absolute atomic E-state index is 5.18. The first-order valence-electron chi connectivity index (χ1n) is 13.5. The van der Waals surface area contributed by atoms with Gasteiger partial charge in [-0.25, -0.2) is 9.97 Å². The van der Waals surface area contributed by atoms with E-state index in [0.717, 1.165) is 60.6 Å². The van der Waals surface area contributed by atoms with Crippen LogP contribution >= 0.6 is 0 Å². The van der Waals surface area contributed by atoms with Gasteiger partial charge in [-0.15, -0.1) is 0 Å². The van der Waals surface area contributed by atoms with Crippen molar-refractivity contribution in [3.63, 3.8) is 0 Å². The second kappa shape index (κ2) is 9.11. The third-order valence-corrected chi connectivity index (χ3v) is 7.71. The van der Waals surface area contributed by atoms with Crippen molar-refractivity contribution in [2.45, 2.75) is 0 Å². The van der Waals surface area contributed by atoms with Crippen LogP contribution in [0.3, 0.4) is 0 Å². The molecule has 0 saturated heterocycles. The summed E-state index contributed by atoms with van der Waals surface area (Å²) < 4.78 is 0. The number of aromatic nitrogens is 3. The van der Waals surface area contributed by atoms with Gasteiger partial charge in [0.05, 0.1) is 27.9 Å². The Morgan fingerprint density at radius 1 is 0.400 bits per heavy atom. The quantitative estimate of drug-likeness (QED) is 0.223. The van der Waals surface area contributed by atoms with Crippen LogP contribution in [0.2, 0.25) is 0 Å². The number of benzene rings is 5. The van der Waals surface area contributed by atoms with Crippen LogP contribution in [0.5, 0.6) is 0 Å². The summed E-state index contributed by atoms with van der Waals surface area (Å²) in [7, 11) is 0. The van der Waals surface area contributed by atoms with Gasteiger partial charge in [0.2, 0.25) is 0 Å². The summed E-state index contributed by atoms with van der Waals surface area (Å²) in [6, 6.07) is 46.6. The van der Waals surface area contributed by atoms with Gasteiger partial charge in [-0.2, -0.15) is 0 Å². The number of fused-ring (bicyclic) bond motifs is 6. The molecular weight excluding hydrogens is 486 g/mol. The first-order valence-corrected chi connectivity index (χ1v) is 13.5. The number of hydrogen-bond donors (Lipinski definition) is 0. The van der Waals surface area contributed by atoms with Gasteiger partial charge < -0.3 is 0 Å². The van der Waals surface area contributed by atoms with Crippen molar-refractivity contribution in [3.8, 4) is 33.6 Å². The molecule has 3 heteroatoms. The molecule has 0 radical (unpaired) electrons. The molecule has 40 heavy (non-hydrogen) atoms. The van der Waals surface area contributed by atoms with E-state index in [1.807, 2.05) is 18.3 Å². The van der Waals surface area contributed by atoms with Gasteiger partial charge in [-0.05, 0) is 52.2 Å². The van der Waals surface area contributed by atoms with Crippen LogP contribution in [0.15, 0.2) is 140 Å². The topological polar surface area (TPSA) is 38.7 Å². The molecule has 5 aromatic carbocycles. The maximum atomic E-state index is 5.18. The predicted octanol–water partition coefficient (Wildman–Crippen LogP) is 9.49. The van der Waals surface area contributed by atoms with Crippen LogP contribution in [-0.4, -0.2) is 15.0 Å². The fraction of sp³-hybridized carbons (Fsp3) is 0. The van der Waals surface area contributed by atoms with Crippen LogP contribution < -0.4 is 0 Å². The van der Waals surface area contributed by atoms with Crippen molar-refractivity contribution in [2.24, 2.45) is 0 Å². The SMILES string of the molecule is c1ccc(-c2ccc3c(ccc4c(-c5ccc6ccc7cccnc7c6n5)ccc(-c5ccccc5)c43)n2)cc1. The lowest BCUT2D eigenvalue weighted by molar-refractivity contribution is 1.37. The van der Waals surface area contributed by atoms with Crippen molar-refractivity contribution < 1.29 is 0 Å². The second-order valence-corrected chi connectivity index (χ2v) is 10.1. The first-order chi connectivity index (χ1) is 19.8. The van der Waals surface area contributed by atoms with Gasteiger partial charge in [0.1, 0.15) is 0 Å². The third kappa shape index (κ3) is 3.63. The molecule has 3 nitrogen and oxygen atoms in total. The van der Waals surface area contributed by atoms with Gasteiger partial charge in [-0.3, -0.25) is 4.98 Å². The zero-order valence-corrected chi connectivity index (χ0v) is 21.6. The summed E-state index contributed by atoms with van der Waals surface area (Å²) >= 11 is 0. The smallest absolute Gasteiger partial charge is 0.0972 e. The van der Waals surface area contributed by atoms with Gasteiger partial charge in [0, 0.05) is 33.5 Å². The Balaban J connectivity index is 1.41. The third-order valence-electron chi connectivity index (χ3n) is 7.71. The van der Waals surface area contributed by atoms with Gasteiger partial charge in [0.25, 0.3) is 0 Å². The highest BCUT2D eigenvalue weighted by molar-refractivity contribution is 6.17. The van der Waals surface area contributed by atoms with E-state index in [1.165, 1.54) is 16.5 Å². The highest BCUT2D eigenvalue weighted by atomic mass is 14.8. The Morgan fingerprint density at radius 3 is 1.90 bits per heavy atom. The molecule has 8 aromatic rings. The molecule has 0 bridgehead atoms. The molecule has 0 N–H and O–H groups in total. The molecule has 186 valence electrons. The molecule has 0 saturated carbocycles. The fourth-order valence-corrected chi connectivity index (χ4v) is 5.78. The molecule has 0 aliphatic carbocycles. The van der Waals surface area contributed by atoms with Crippen LogP contribution in [0, 0.1) is 0 Å². The van der Waals surface area contributed by atoms with E-state index >= 15 is 0 Å². The summed E-state index contributed by atoms with van der Waals surface area (Å²) in [6.45, 7) is 0. The minimum atomic E-state index is 0.922. The zero-order chi connectivity index (χ0) is 26.5. The largest absolute Gasteiger partial charge is 0.254 e. The molecule has 0 atom stereocenters. The van der Waals surface area contributed by atoms with Crippen molar-refractivity contribution in [1.82, 2.24) is 15.0 Å². The second-order valence-electron chi connectivity index (χ2n) is 10.1. The Hall–Kier alpha value is -5.41. The van der Waals surface area contributed by atoms with E-state index in [0.29, 0.717) is 0 Å². The summed E-state index contributed by atoms with van der Waals surface area (Å²) in [5, 5.41) is 5.65. The van der Waals surface area contributed by atoms with Crippen molar-refractivity contribution in [1.29, 1.82) is 0 Å². The number of pyridine rings is 3. The predicted molar refractivity (Wildman–Crippen MR) is 166 cm³/mol. The summed E-state index contributed by atoms with van der Waals surface area (Å²) in [4.78, 5) is 14.9. The zero-order valence-electron chi connectivity index (χ0n) is 21.6. The lowest BCUT2D eigenvalue weighted by Crippen LogP contribution is -1.93. The Kier molecular flexibility index (Phi) is 5.14. The molecule has 3 heterocycles. The molecule has 0 unspecified atom stereocenters. The Labute approximate surface area is 231 Å². The maximum Gasteiger partial charge on any atom is 0.0972 e. The van der Waals surface area contributed by atoms with Gasteiger partial charge in [-0.1, -0.05) is 103 Å². The van der Waals surface area contributed by atoms with E-state index in [1.54, 1.807) is 0 Å². The van der Waals surface area contributed by atoms with E-state index in [-0.39, 0.29) is 0 Å². The average molecular weight is 510 g/mol. The molecule has 0 aliphatic rings. The molecule has 0 amide bonds. The normalized spacial score (nSPS) is 11.5. The van der Waals surface area contributed by atoms with Crippen LogP contribution in [-0.2, 0) is 0 Å². The first kappa shape index (κ1) is 22.6. The summed E-state index contributed by atoms with van der Waals surface area (Å²) in [5.41, 5.74) is 9.31. The number of nitrogens with zero attached hydrogens (tertiary/aromatic N) is 3. The molecule has 0 fully saturated rings. The standard InChI is InChI=1S/C37H23N3/c1-3-8-24(9-4-1)28-16-17-29(33-20-15-27-14-13-26-12-7-23-38-36(26)37(27)40-33)30-18-22-34-31(35(28)30)19-21-32(39-34)25-10-5-2-6-11-25/h1-23H. The Bertz CT molecular complexity index is 2200. The molecule has 8 rings (SSSR count). The van der Waals surface area contributed by atoms with E-state index < -0.39 is 0 Å². The monoisotopic (exact) mass is 509 g/mol. The summed E-state index contributed by atoms with van der Waals surface area (Å²) in [6.07, 6.45) is 1.84. The Morgan fingerprint density at radius 2 is 1.07 bits per heavy atom. The average Bonchev–Trinajstić information content (AvgIpc) is 3.04. The van der Waals surface area contributed by atoms with E-state index in [4.69, 9.17) is 9.97 Å². The van der Waals surface area contributed by atoms with Crippen LogP contribution in [0.1, 0.15) is 0 Å². The van der Waals surface area contributed by atoms with Gasteiger partial charge in [0.15, 0.2) is 0 Å². The molecular formula is C37H23N3. The number of hydrogen-bond acceptors (Lipinski definition) is 3. The molecule has 0 spiro atoms. The number of rotatable bonds is 3. The van der Waals surface area contributed by atoms with Crippen molar-refractivity contribution >= 4 is 43.5 Å². The molecule has 3 aromatic heterocycles. The van der Waals surface area contributed by atoms with Crippen LogP contribution in [0.4, 0.5) is 0 Å². The highest BCUT2D eigenvalue weighted by Crippen LogP contribution is 2.40. The lowest BCUT2D eigenvalue weighted by atomic mass is 9.91. The van der Waals surface area contributed by atoms with E-state index in [2.05, 4.69) is 126 Å². The highest BCUT2D eigenvalue weighted by Gasteiger charge is 2.15. The van der Waals surface area contributed by atoms with Crippen LogP contribution in [0.25, 0.3) is 77.1 Å². The lowest BCUT2D eigenvalue weighted by Gasteiger charge is -2.15. The van der Waals surface area contributed by atoms with Crippen molar-refractivity contribution in [3.05, 3.63) is 140 Å².